The second-order valence-electron chi connectivity index (χ2n) is 6.83. The number of carbonyl (C=O) groups excluding carboxylic acids is 1. The lowest BCUT2D eigenvalue weighted by molar-refractivity contribution is -0.119. The van der Waals surface area contributed by atoms with Gasteiger partial charge in [0, 0.05) is 30.4 Å². The van der Waals surface area contributed by atoms with E-state index in [-0.39, 0.29) is 17.5 Å². The first-order valence-electron chi connectivity index (χ1n) is 9.05. The van der Waals surface area contributed by atoms with Crippen molar-refractivity contribution in [1.82, 2.24) is 14.8 Å². The minimum Gasteiger partial charge on any atom is -0.323 e. The van der Waals surface area contributed by atoms with Gasteiger partial charge in [-0.05, 0) is 55.7 Å². The summed E-state index contributed by atoms with van der Waals surface area (Å²) in [5, 5.41) is 7.32. The molecule has 0 bridgehead atoms. The fourth-order valence-corrected chi connectivity index (χ4v) is 3.32. The average Bonchev–Trinajstić information content (AvgIpc) is 3.09. The Hall–Kier alpha value is -3.29. The highest BCUT2D eigenvalue weighted by Gasteiger charge is 2.20. The number of aromatic nitrogens is 3. The summed E-state index contributed by atoms with van der Waals surface area (Å²) in [6.45, 7) is 2.66. The van der Waals surface area contributed by atoms with Gasteiger partial charge in [0.15, 0.2) is 0 Å². The summed E-state index contributed by atoms with van der Waals surface area (Å²) in [7, 11) is 0. The van der Waals surface area contributed by atoms with Crippen LogP contribution in [0.2, 0.25) is 0 Å². The normalized spacial score (nSPS) is 14.4. The number of nitrogens with zero attached hydrogens (tertiary/aromatic N) is 4. The van der Waals surface area contributed by atoms with E-state index < -0.39 is 11.6 Å². The van der Waals surface area contributed by atoms with Gasteiger partial charge in [-0.25, -0.2) is 13.5 Å². The molecule has 0 atom stereocenters. The Balaban J connectivity index is 1.58. The van der Waals surface area contributed by atoms with E-state index in [1.54, 1.807) is 4.90 Å². The molecule has 0 unspecified atom stereocenters. The molecule has 3 aromatic rings. The van der Waals surface area contributed by atoms with Gasteiger partial charge in [0.05, 0.1) is 5.69 Å². The predicted octanol–water partition coefficient (Wildman–Crippen LogP) is 4.11. The summed E-state index contributed by atoms with van der Waals surface area (Å²) in [6, 6.07) is 8.91. The van der Waals surface area contributed by atoms with Crippen LogP contribution in [-0.2, 0) is 4.79 Å². The summed E-state index contributed by atoms with van der Waals surface area (Å²) in [4.78, 5) is 18.2. The summed E-state index contributed by atoms with van der Waals surface area (Å²) in [5.41, 5.74) is 2.79. The highest BCUT2D eigenvalue weighted by atomic mass is 19.1. The Labute approximate surface area is 160 Å². The number of benzene rings is 2. The summed E-state index contributed by atoms with van der Waals surface area (Å²) in [6.07, 6.45) is 3.85. The minimum absolute atomic E-state index is 0.123. The van der Waals surface area contributed by atoms with Crippen LogP contribution in [0.4, 0.5) is 26.1 Å². The second-order valence-corrected chi connectivity index (χ2v) is 6.83. The number of hydrogen-bond acceptors (Lipinski definition) is 4. The minimum atomic E-state index is -0.686. The lowest BCUT2D eigenvalue weighted by Crippen LogP contribution is -2.35. The van der Waals surface area contributed by atoms with E-state index in [1.165, 1.54) is 23.1 Å². The first kappa shape index (κ1) is 18.1. The van der Waals surface area contributed by atoms with Gasteiger partial charge in [-0.2, -0.15) is 4.98 Å². The van der Waals surface area contributed by atoms with E-state index in [0.717, 1.165) is 35.8 Å². The van der Waals surface area contributed by atoms with Crippen molar-refractivity contribution in [1.29, 1.82) is 0 Å². The maximum Gasteiger partial charge on any atom is 0.246 e. The SMILES string of the molecule is Cc1cc(Nc2ncn(-c3cc(F)cc(F)c3)n2)cc(N2CCCCC2=O)c1. The van der Waals surface area contributed by atoms with Crippen LogP contribution in [0, 0.1) is 18.6 Å². The molecule has 8 heteroatoms. The van der Waals surface area contributed by atoms with Crippen molar-refractivity contribution < 1.29 is 13.6 Å². The van der Waals surface area contributed by atoms with Crippen molar-refractivity contribution >= 4 is 23.2 Å². The van der Waals surface area contributed by atoms with Crippen molar-refractivity contribution in [3.63, 3.8) is 0 Å². The lowest BCUT2D eigenvalue weighted by atomic mass is 10.1. The Morgan fingerprint density at radius 2 is 1.79 bits per heavy atom. The Kier molecular flexibility index (Phi) is 4.77. The quantitative estimate of drug-likeness (QED) is 0.736. The van der Waals surface area contributed by atoms with Crippen LogP contribution >= 0.6 is 0 Å². The molecular weight excluding hydrogens is 364 g/mol. The van der Waals surface area contributed by atoms with Gasteiger partial charge in [-0.3, -0.25) is 4.79 Å². The molecule has 4 rings (SSSR count). The highest BCUT2D eigenvalue weighted by molar-refractivity contribution is 5.94. The zero-order valence-corrected chi connectivity index (χ0v) is 15.3. The molecule has 28 heavy (non-hydrogen) atoms. The van der Waals surface area contributed by atoms with E-state index in [9.17, 15) is 13.6 Å². The third-order valence-corrected chi connectivity index (χ3v) is 4.56. The number of amides is 1. The van der Waals surface area contributed by atoms with Crippen molar-refractivity contribution in [3.05, 3.63) is 59.9 Å². The van der Waals surface area contributed by atoms with Crippen molar-refractivity contribution in [3.8, 4) is 5.69 Å². The van der Waals surface area contributed by atoms with Crippen LogP contribution in [0.1, 0.15) is 24.8 Å². The zero-order valence-electron chi connectivity index (χ0n) is 15.3. The molecule has 6 nitrogen and oxygen atoms in total. The molecule has 2 aromatic carbocycles. The average molecular weight is 383 g/mol. The number of nitrogens with one attached hydrogen (secondary N) is 1. The van der Waals surface area contributed by atoms with Crippen LogP contribution in [0.15, 0.2) is 42.7 Å². The van der Waals surface area contributed by atoms with Gasteiger partial charge in [0.2, 0.25) is 11.9 Å². The number of piperidine rings is 1. The van der Waals surface area contributed by atoms with Crippen molar-refractivity contribution in [2.45, 2.75) is 26.2 Å². The summed E-state index contributed by atoms with van der Waals surface area (Å²) < 4.78 is 28.1. The number of carbonyl (C=O) groups is 1. The molecule has 0 saturated carbocycles. The number of aryl methyl sites for hydroxylation is 1. The van der Waals surface area contributed by atoms with Crippen LogP contribution < -0.4 is 10.2 Å². The zero-order chi connectivity index (χ0) is 19.7. The van der Waals surface area contributed by atoms with Crippen LogP contribution in [0.3, 0.4) is 0 Å². The Morgan fingerprint density at radius 1 is 1.00 bits per heavy atom. The number of anilines is 3. The Bertz CT molecular complexity index is 1010. The van der Waals surface area contributed by atoms with Crippen LogP contribution in [0.25, 0.3) is 5.69 Å². The van der Waals surface area contributed by atoms with Gasteiger partial charge >= 0.3 is 0 Å². The van der Waals surface area contributed by atoms with Crippen LogP contribution in [0.5, 0.6) is 0 Å². The lowest BCUT2D eigenvalue weighted by Gasteiger charge is -2.27. The van der Waals surface area contributed by atoms with Gasteiger partial charge in [-0.1, -0.05) is 0 Å². The van der Waals surface area contributed by atoms with Crippen LogP contribution in [-0.4, -0.2) is 27.2 Å². The summed E-state index contributed by atoms with van der Waals surface area (Å²) in [5.74, 6) is -0.964. The molecule has 1 amide bonds. The predicted molar refractivity (Wildman–Crippen MR) is 102 cm³/mol. The number of hydrogen-bond donors (Lipinski definition) is 1. The second kappa shape index (κ2) is 7.38. The first-order valence-corrected chi connectivity index (χ1v) is 9.05. The summed E-state index contributed by atoms with van der Waals surface area (Å²) >= 11 is 0. The van der Waals surface area contributed by atoms with E-state index >= 15 is 0 Å². The third-order valence-electron chi connectivity index (χ3n) is 4.56. The number of rotatable bonds is 4. The first-order chi connectivity index (χ1) is 13.5. The molecule has 1 saturated heterocycles. The fraction of sp³-hybridized carbons (Fsp3) is 0.250. The smallest absolute Gasteiger partial charge is 0.246 e. The van der Waals surface area contributed by atoms with E-state index in [2.05, 4.69) is 15.4 Å². The number of halogens is 2. The highest BCUT2D eigenvalue weighted by Crippen LogP contribution is 2.27. The molecule has 144 valence electrons. The molecule has 0 radical (unpaired) electrons. The molecular formula is C20H19F2N5O. The topological polar surface area (TPSA) is 63.1 Å². The Morgan fingerprint density at radius 3 is 2.54 bits per heavy atom. The van der Waals surface area contributed by atoms with Gasteiger partial charge in [0.25, 0.3) is 0 Å². The molecule has 0 spiro atoms. The molecule has 0 aliphatic carbocycles. The van der Waals surface area contributed by atoms with E-state index in [4.69, 9.17) is 0 Å². The molecule has 1 fully saturated rings. The molecule has 2 heterocycles. The van der Waals surface area contributed by atoms with E-state index in [0.29, 0.717) is 13.0 Å². The van der Waals surface area contributed by atoms with Crippen molar-refractivity contribution in [2.75, 3.05) is 16.8 Å². The molecule has 1 N–H and O–H groups in total. The van der Waals surface area contributed by atoms with Gasteiger partial charge < -0.3 is 10.2 Å². The maximum atomic E-state index is 13.4. The monoisotopic (exact) mass is 383 g/mol. The third kappa shape index (κ3) is 3.85. The molecule has 1 aromatic heterocycles. The van der Waals surface area contributed by atoms with Crippen molar-refractivity contribution in [2.24, 2.45) is 0 Å². The standard InChI is InChI=1S/C20H19F2N5O/c1-13-6-16(11-17(7-13)26-5-3-2-4-19(26)28)24-20-23-12-27(25-20)18-9-14(21)8-15(22)10-18/h6-12H,2-5H2,1H3,(H,24,25). The van der Waals surface area contributed by atoms with Gasteiger partial charge in [-0.15, -0.1) is 5.10 Å². The van der Waals surface area contributed by atoms with Gasteiger partial charge in [0.1, 0.15) is 18.0 Å². The molecule has 1 aliphatic rings. The fourth-order valence-electron chi connectivity index (χ4n) is 3.32. The molecule has 1 aliphatic heterocycles. The maximum absolute atomic E-state index is 13.4. The largest absolute Gasteiger partial charge is 0.323 e. The van der Waals surface area contributed by atoms with E-state index in [1.807, 2.05) is 25.1 Å².